The van der Waals surface area contributed by atoms with Crippen LogP contribution in [0.25, 0.3) is 0 Å². The van der Waals surface area contributed by atoms with E-state index in [0.29, 0.717) is 11.3 Å². The van der Waals surface area contributed by atoms with Crippen molar-refractivity contribution < 1.29 is 4.79 Å². The quantitative estimate of drug-likeness (QED) is 0.773. The van der Waals surface area contributed by atoms with Crippen molar-refractivity contribution >= 4 is 17.3 Å². The summed E-state index contributed by atoms with van der Waals surface area (Å²) in [6.07, 6.45) is 0. The van der Waals surface area contributed by atoms with Crippen LogP contribution in [0.1, 0.15) is 15.9 Å². The minimum atomic E-state index is -0.117. The predicted molar refractivity (Wildman–Crippen MR) is 70.0 cm³/mol. The summed E-state index contributed by atoms with van der Waals surface area (Å²) in [7, 11) is 0. The second-order valence-corrected chi connectivity index (χ2v) is 3.89. The SMILES string of the molecule is Cc1cc(N)ccc1C(=O)Nc1ccccc1. The van der Waals surface area contributed by atoms with Crippen molar-refractivity contribution in [3.8, 4) is 0 Å². The Morgan fingerprint density at radius 1 is 1.12 bits per heavy atom. The molecule has 0 aliphatic rings. The number of hydrogen-bond donors (Lipinski definition) is 2. The van der Waals surface area contributed by atoms with E-state index >= 15 is 0 Å². The predicted octanol–water partition coefficient (Wildman–Crippen LogP) is 2.83. The van der Waals surface area contributed by atoms with Crippen molar-refractivity contribution in [3.63, 3.8) is 0 Å². The number of nitrogen functional groups attached to an aromatic ring is 1. The lowest BCUT2D eigenvalue weighted by Gasteiger charge is -2.08. The Bertz CT molecular complexity index is 535. The fraction of sp³-hybridized carbons (Fsp3) is 0.0714. The van der Waals surface area contributed by atoms with Crippen molar-refractivity contribution in [1.82, 2.24) is 0 Å². The minimum Gasteiger partial charge on any atom is -0.399 e. The van der Waals surface area contributed by atoms with E-state index < -0.39 is 0 Å². The van der Waals surface area contributed by atoms with E-state index in [4.69, 9.17) is 5.73 Å². The van der Waals surface area contributed by atoms with Gasteiger partial charge in [0.25, 0.3) is 5.91 Å². The van der Waals surface area contributed by atoms with Crippen LogP contribution in [0.5, 0.6) is 0 Å². The molecule has 0 atom stereocenters. The molecule has 0 spiro atoms. The molecule has 0 bridgehead atoms. The first-order valence-corrected chi connectivity index (χ1v) is 5.39. The van der Waals surface area contributed by atoms with Crippen LogP contribution in [0.2, 0.25) is 0 Å². The van der Waals surface area contributed by atoms with Crippen molar-refractivity contribution in [2.75, 3.05) is 11.1 Å². The second kappa shape index (κ2) is 4.70. The summed E-state index contributed by atoms with van der Waals surface area (Å²) in [5.74, 6) is -0.117. The minimum absolute atomic E-state index is 0.117. The summed E-state index contributed by atoms with van der Waals surface area (Å²) in [6.45, 7) is 1.87. The average molecular weight is 226 g/mol. The second-order valence-electron chi connectivity index (χ2n) is 3.89. The van der Waals surface area contributed by atoms with Gasteiger partial charge in [-0.05, 0) is 42.8 Å². The van der Waals surface area contributed by atoms with E-state index in [-0.39, 0.29) is 5.91 Å². The van der Waals surface area contributed by atoms with Gasteiger partial charge in [-0.15, -0.1) is 0 Å². The molecule has 0 saturated heterocycles. The molecule has 3 N–H and O–H groups in total. The molecule has 3 nitrogen and oxygen atoms in total. The van der Waals surface area contributed by atoms with E-state index in [0.717, 1.165) is 11.3 Å². The van der Waals surface area contributed by atoms with Gasteiger partial charge in [0.15, 0.2) is 0 Å². The van der Waals surface area contributed by atoms with Gasteiger partial charge in [-0.1, -0.05) is 18.2 Å². The Morgan fingerprint density at radius 2 is 1.82 bits per heavy atom. The monoisotopic (exact) mass is 226 g/mol. The number of benzene rings is 2. The van der Waals surface area contributed by atoms with Crippen molar-refractivity contribution in [1.29, 1.82) is 0 Å². The Labute approximate surface area is 100 Å². The Hall–Kier alpha value is -2.29. The fourth-order valence-electron chi connectivity index (χ4n) is 1.66. The van der Waals surface area contributed by atoms with E-state index in [2.05, 4.69) is 5.32 Å². The van der Waals surface area contributed by atoms with E-state index in [1.165, 1.54) is 0 Å². The number of nitrogens with two attached hydrogens (primary N) is 1. The van der Waals surface area contributed by atoms with Crippen LogP contribution < -0.4 is 11.1 Å². The van der Waals surface area contributed by atoms with Crippen LogP contribution in [0.3, 0.4) is 0 Å². The largest absolute Gasteiger partial charge is 0.399 e. The normalized spacial score (nSPS) is 9.94. The number of rotatable bonds is 2. The van der Waals surface area contributed by atoms with Gasteiger partial charge < -0.3 is 11.1 Å². The third-order valence-corrected chi connectivity index (χ3v) is 2.53. The smallest absolute Gasteiger partial charge is 0.255 e. The van der Waals surface area contributed by atoms with E-state index in [1.807, 2.05) is 37.3 Å². The molecular weight excluding hydrogens is 212 g/mol. The number of anilines is 2. The standard InChI is InChI=1S/C14H14N2O/c1-10-9-11(15)7-8-13(10)14(17)16-12-5-3-2-4-6-12/h2-9H,15H2,1H3,(H,16,17). The van der Waals surface area contributed by atoms with Gasteiger partial charge in [0.05, 0.1) is 0 Å². The van der Waals surface area contributed by atoms with Crippen LogP contribution in [0, 0.1) is 6.92 Å². The zero-order valence-corrected chi connectivity index (χ0v) is 9.60. The first kappa shape index (κ1) is 11.2. The molecule has 2 aromatic rings. The summed E-state index contributed by atoms with van der Waals surface area (Å²) in [4.78, 5) is 12.0. The third kappa shape index (κ3) is 2.64. The zero-order chi connectivity index (χ0) is 12.3. The maximum absolute atomic E-state index is 12.0. The van der Waals surface area contributed by atoms with Gasteiger partial charge in [-0.2, -0.15) is 0 Å². The van der Waals surface area contributed by atoms with Gasteiger partial charge in [0, 0.05) is 16.9 Å². The maximum atomic E-state index is 12.0. The number of para-hydroxylation sites is 1. The van der Waals surface area contributed by atoms with Crippen LogP contribution in [0.15, 0.2) is 48.5 Å². The molecule has 2 rings (SSSR count). The molecule has 2 aromatic carbocycles. The Morgan fingerprint density at radius 3 is 2.47 bits per heavy atom. The average Bonchev–Trinajstić information content (AvgIpc) is 2.30. The van der Waals surface area contributed by atoms with E-state index in [1.54, 1.807) is 18.2 Å². The number of nitrogens with one attached hydrogen (secondary N) is 1. The van der Waals surface area contributed by atoms with Crippen LogP contribution in [0.4, 0.5) is 11.4 Å². The molecule has 0 radical (unpaired) electrons. The lowest BCUT2D eigenvalue weighted by molar-refractivity contribution is 0.102. The summed E-state index contributed by atoms with van der Waals surface area (Å²) in [6, 6.07) is 14.6. The Kier molecular flexibility index (Phi) is 3.10. The molecule has 0 saturated carbocycles. The number of hydrogen-bond acceptors (Lipinski definition) is 2. The number of amides is 1. The first-order chi connectivity index (χ1) is 8.16. The molecule has 0 unspecified atom stereocenters. The van der Waals surface area contributed by atoms with Crippen molar-refractivity contribution in [2.45, 2.75) is 6.92 Å². The lowest BCUT2D eigenvalue weighted by atomic mass is 10.1. The topological polar surface area (TPSA) is 55.1 Å². The van der Waals surface area contributed by atoms with Gasteiger partial charge in [-0.25, -0.2) is 0 Å². The highest BCUT2D eigenvalue weighted by atomic mass is 16.1. The number of carbonyl (C=O) groups excluding carboxylic acids is 1. The number of aryl methyl sites for hydroxylation is 1. The van der Waals surface area contributed by atoms with Gasteiger partial charge in [0.1, 0.15) is 0 Å². The van der Waals surface area contributed by atoms with Crippen molar-refractivity contribution in [3.05, 3.63) is 59.7 Å². The molecule has 86 valence electrons. The highest BCUT2D eigenvalue weighted by Crippen LogP contribution is 2.14. The maximum Gasteiger partial charge on any atom is 0.255 e. The zero-order valence-electron chi connectivity index (χ0n) is 9.60. The molecule has 17 heavy (non-hydrogen) atoms. The fourth-order valence-corrected chi connectivity index (χ4v) is 1.66. The van der Waals surface area contributed by atoms with Gasteiger partial charge in [0.2, 0.25) is 0 Å². The Balaban J connectivity index is 2.21. The van der Waals surface area contributed by atoms with Crippen molar-refractivity contribution in [2.24, 2.45) is 0 Å². The van der Waals surface area contributed by atoms with Crippen LogP contribution in [-0.2, 0) is 0 Å². The first-order valence-electron chi connectivity index (χ1n) is 5.39. The molecule has 0 aliphatic carbocycles. The molecule has 0 heterocycles. The van der Waals surface area contributed by atoms with Crippen LogP contribution in [-0.4, -0.2) is 5.91 Å². The number of carbonyl (C=O) groups is 1. The molecular formula is C14H14N2O. The molecule has 1 amide bonds. The summed E-state index contributed by atoms with van der Waals surface area (Å²) in [5, 5.41) is 2.84. The highest BCUT2D eigenvalue weighted by molar-refractivity contribution is 6.05. The molecule has 0 fully saturated rings. The third-order valence-electron chi connectivity index (χ3n) is 2.53. The molecule has 3 heteroatoms. The van der Waals surface area contributed by atoms with E-state index in [9.17, 15) is 4.79 Å². The van der Waals surface area contributed by atoms with Gasteiger partial charge in [-0.3, -0.25) is 4.79 Å². The molecule has 0 aromatic heterocycles. The summed E-state index contributed by atoms with van der Waals surface area (Å²) < 4.78 is 0. The summed E-state index contributed by atoms with van der Waals surface area (Å²) in [5.41, 5.74) is 8.62. The highest BCUT2D eigenvalue weighted by Gasteiger charge is 2.08. The molecule has 0 aliphatic heterocycles. The lowest BCUT2D eigenvalue weighted by Crippen LogP contribution is -2.13. The van der Waals surface area contributed by atoms with Crippen LogP contribution >= 0.6 is 0 Å². The van der Waals surface area contributed by atoms with Gasteiger partial charge >= 0.3 is 0 Å². The summed E-state index contributed by atoms with van der Waals surface area (Å²) >= 11 is 0.